The maximum absolute atomic E-state index is 13.3. The molecular weight excluding hydrogens is 476 g/mol. The highest BCUT2D eigenvalue weighted by atomic mass is 32.2. The Morgan fingerprint density at radius 3 is 2.29 bits per heavy atom. The van der Waals surface area contributed by atoms with E-state index < -0.39 is 39.1 Å². The monoisotopic (exact) mass is 496 g/mol. The van der Waals surface area contributed by atoms with Crippen LogP contribution in [0.1, 0.15) is 15.9 Å². The van der Waals surface area contributed by atoms with E-state index in [0.717, 1.165) is 6.07 Å². The highest BCUT2D eigenvalue weighted by molar-refractivity contribution is 7.92. The van der Waals surface area contributed by atoms with Crippen LogP contribution in [-0.2, 0) is 19.6 Å². The van der Waals surface area contributed by atoms with Gasteiger partial charge in [-0.05, 0) is 35.9 Å². The molecule has 3 aromatic carbocycles. The molecule has 0 saturated heterocycles. The van der Waals surface area contributed by atoms with Crippen molar-refractivity contribution in [2.24, 2.45) is 5.10 Å². The molecule has 0 aromatic heterocycles. The summed E-state index contributed by atoms with van der Waals surface area (Å²) in [5, 5.41) is 15.3. The minimum Gasteiger partial charge on any atom is -0.465 e. The normalized spacial score (nSPS) is 11.1. The van der Waals surface area contributed by atoms with Crippen molar-refractivity contribution in [3.8, 4) is 0 Å². The molecule has 0 aliphatic rings. The van der Waals surface area contributed by atoms with Crippen LogP contribution in [0.15, 0.2) is 88.9 Å². The molecule has 1 amide bonds. The number of esters is 1. The first kappa shape index (κ1) is 25.1. The third kappa shape index (κ3) is 6.06. The van der Waals surface area contributed by atoms with E-state index in [1.54, 1.807) is 18.2 Å². The number of ether oxygens (including phenoxy) is 1. The van der Waals surface area contributed by atoms with E-state index in [-0.39, 0.29) is 10.6 Å². The van der Waals surface area contributed by atoms with Gasteiger partial charge in [0.1, 0.15) is 12.2 Å². The number of methoxy groups -OCH3 is 1. The van der Waals surface area contributed by atoms with Gasteiger partial charge in [0.2, 0.25) is 0 Å². The fraction of sp³-hybridized carbons (Fsp3) is 0.0870. The van der Waals surface area contributed by atoms with E-state index in [4.69, 9.17) is 0 Å². The Morgan fingerprint density at radius 1 is 1.03 bits per heavy atom. The molecular formula is C23H20N4O7S. The summed E-state index contributed by atoms with van der Waals surface area (Å²) in [5.41, 5.74) is 2.35. The average Bonchev–Trinajstić information content (AvgIpc) is 2.87. The number of carbonyl (C=O) groups excluding carboxylic acids is 2. The minimum atomic E-state index is -4.33. The van der Waals surface area contributed by atoms with Crippen LogP contribution in [0.25, 0.3) is 0 Å². The number of para-hydroxylation sites is 2. The lowest BCUT2D eigenvalue weighted by atomic mass is 10.1. The standard InChI is InChI=1S/C23H20N4O7S/c1-34-23(29)18-13-11-17(12-14-18)15-24-25-22(28)16-26(20-9-5-6-10-21(20)27(30)31)35(32,33)19-7-3-2-4-8-19/h2-15H,16H2,1H3,(H,25,28)/b24-15-. The number of rotatable bonds is 9. The molecule has 0 bridgehead atoms. The Morgan fingerprint density at radius 2 is 1.66 bits per heavy atom. The second kappa shape index (κ2) is 11.0. The summed E-state index contributed by atoms with van der Waals surface area (Å²) in [6.07, 6.45) is 1.29. The molecule has 12 heteroatoms. The molecule has 3 aromatic rings. The summed E-state index contributed by atoms with van der Waals surface area (Å²) in [5.74, 6) is -1.33. The lowest BCUT2D eigenvalue weighted by Gasteiger charge is -2.23. The van der Waals surface area contributed by atoms with Gasteiger partial charge in [-0.2, -0.15) is 5.10 Å². The molecule has 0 spiro atoms. The molecule has 11 nitrogen and oxygen atoms in total. The Kier molecular flexibility index (Phi) is 7.89. The van der Waals surface area contributed by atoms with E-state index >= 15 is 0 Å². The number of carbonyl (C=O) groups is 2. The summed E-state index contributed by atoms with van der Waals surface area (Å²) in [4.78, 5) is 34.7. The number of nitro benzene ring substituents is 1. The number of hydrogen-bond acceptors (Lipinski definition) is 8. The molecule has 0 fully saturated rings. The van der Waals surface area contributed by atoms with Gasteiger partial charge in [-0.3, -0.25) is 14.9 Å². The molecule has 3 rings (SSSR count). The number of sulfonamides is 1. The first-order chi connectivity index (χ1) is 16.7. The summed E-state index contributed by atoms with van der Waals surface area (Å²) in [6.45, 7) is -0.763. The number of nitrogens with zero attached hydrogens (tertiary/aromatic N) is 3. The van der Waals surface area contributed by atoms with Crippen LogP contribution in [-0.4, -0.2) is 45.1 Å². The molecule has 0 unspecified atom stereocenters. The van der Waals surface area contributed by atoms with Gasteiger partial charge >= 0.3 is 5.97 Å². The van der Waals surface area contributed by atoms with Crippen molar-refractivity contribution in [1.29, 1.82) is 0 Å². The first-order valence-electron chi connectivity index (χ1n) is 10.1. The van der Waals surface area contributed by atoms with E-state index in [2.05, 4.69) is 15.3 Å². The third-order valence-corrected chi connectivity index (χ3v) is 6.47. The smallest absolute Gasteiger partial charge is 0.337 e. The van der Waals surface area contributed by atoms with Crippen LogP contribution < -0.4 is 9.73 Å². The quantitative estimate of drug-likeness (QED) is 0.207. The van der Waals surface area contributed by atoms with Crippen molar-refractivity contribution >= 4 is 39.5 Å². The van der Waals surface area contributed by atoms with Gasteiger partial charge in [0.25, 0.3) is 21.6 Å². The van der Waals surface area contributed by atoms with E-state index in [1.165, 1.54) is 67.9 Å². The lowest BCUT2D eigenvalue weighted by Crippen LogP contribution is -2.39. The number of nitrogens with one attached hydrogen (secondary N) is 1. The molecule has 0 aliphatic heterocycles. The van der Waals surface area contributed by atoms with Crippen molar-refractivity contribution < 1.29 is 27.7 Å². The van der Waals surface area contributed by atoms with Gasteiger partial charge < -0.3 is 4.74 Å². The Hall–Kier alpha value is -4.58. The topological polar surface area (TPSA) is 148 Å². The summed E-state index contributed by atoms with van der Waals surface area (Å²) >= 11 is 0. The zero-order valence-electron chi connectivity index (χ0n) is 18.4. The van der Waals surface area contributed by atoms with Crippen molar-refractivity contribution in [1.82, 2.24) is 5.43 Å². The Labute approximate surface area is 200 Å². The molecule has 180 valence electrons. The number of benzene rings is 3. The van der Waals surface area contributed by atoms with Gasteiger partial charge in [-0.15, -0.1) is 0 Å². The van der Waals surface area contributed by atoms with Crippen LogP contribution in [0.5, 0.6) is 0 Å². The minimum absolute atomic E-state index is 0.139. The molecule has 0 radical (unpaired) electrons. The van der Waals surface area contributed by atoms with Crippen LogP contribution >= 0.6 is 0 Å². The summed E-state index contributed by atoms with van der Waals surface area (Å²) < 4.78 is 31.9. The predicted molar refractivity (Wildman–Crippen MR) is 128 cm³/mol. The van der Waals surface area contributed by atoms with Gasteiger partial charge in [-0.1, -0.05) is 42.5 Å². The number of nitro groups is 1. The highest BCUT2D eigenvalue weighted by Gasteiger charge is 2.31. The Balaban J connectivity index is 1.84. The zero-order valence-corrected chi connectivity index (χ0v) is 19.2. The maximum Gasteiger partial charge on any atom is 0.337 e. The largest absolute Gasteiger partial charge is 0.465 e. The predicted octanol–water partition coefficient (Wildman–Crippen LogP) is 2.73. The van der Waals surface area contributed by atoms with Crippen molar-refractivity contribution in [3.63, 3.8) is 0 Å². The molecule has 35 heavy (non-hydrogen) atoms. The van der Waals surface area contributed by atoms with Gasteiger partial charge in [0.15, 0.2) is 0 Å². The van der Waals surface area contributed by atoms with Gasteiger partial charge in [-0.25, -0.2) is 22.9 Å². The van der Waals surface area contributed by atoms with Crippen LogP contribution in [0.2, 0.25) is 0 Å². The van der Waals surface area contributed by atoms with Crippen LogP contribution in [0.3, 0.4) is 0 Å². The molecule has 0 saturated carbocycles. The molecule has 1 N–H and O–H groups in total. The third-order valence-electron chi connectivity index (χ3n) is 4.70. The fourth-order valence-electron chi connectivity index (χ4n) is 3.02. The number of amides is 1. The average molecular weight is 497 g/mol. The zero-order chi connectivity index (χ0) is 25.4. The van der Waals surface area contributed by atoms with Crippen LogP contribution in [0.4, 0.5) is 11.4 Å². The maximum atomic E-state index is 13.3. The fourth-order valence-corrected chi connectivity index (χ4v) is 4.47. The van der Waals surface area contributed by atoms with Gasteiger partial charge in [0, 0.05) is 6.07 Å². The number of hydrazone groups is 1. The molecule has 0 heterocycles. The highest BCUT2D eigenvalue weighted by Crippen LogP contribution is 2.31. The van der Waals surface area contributed by atoms with E-state index in [0.29, 0.717) is 15.4 Å². The van der Waals surface area contributed by atoms with Crippen molar-refractivity contribution in [3.05, 3.63) is 100 Å². The summed E-state index contributed by atoms with van der Waals surface area (Å²) in [6, 6.07) is 18.7. The second-order valence-electron chi connectivity index (χ2n) is 6.98. The summed E-state index contributed by atoms with van der Waals surface area (Å²) in [7, 11) is -3.06. The molecule has 0 aliphatic carbocycles. The Bertz CT molecular complexity index is 1360. The SMILES string of the molecule is COC(=O)c1ccc(/C=N\NC(=O)CN(c2ccccc2[N+](=O)[O-])S(=O)(=O)c2ccccc2)cc1. The number of anilines is 1. The number of hydrogen-bond donors (Lipinski definition) is 1. The first-order valence-corrected chi connectivity index (χ1v) is 11.5. The lowest BCUT2D eigenvalue weighted by molar-refractivity contribution is -0.384. The van der Waals surface area contributed by atoms with E-state index in [1.807, 2.05) is 0 Å². The second-order valence-corrected chi connectivity index (χ2v) is 8.84. The van der Waals surface area contributed by atoms with E-state index in [9.17, 15) is 28.1 Å². The van der Waals surface area contributed by atoms with Crippen LogP contribution in [0, 0.1) is 10.1 Å². The van der Waals surface area contributed by atoms with Crippen molar-refractivity contribution in [2.75, 3.05) is 18.0 Å². The van der Waals surface area contributed by atoms with Gasteiger partial charge in [0.05, 0.1) is 28.7 Å². The van der Waals surface area contributed by atoms with Crippen molar-refractivity contribution in [2.45, 2.75) is 4.90 Å². The molecule has 0 atom stereocenters.